The van der Waals surface area contributed by atoms with Gasteiger partial charge in [-0.3, -0.25) is 4.79 Å². The predicted molar refractivity (Wildman–Crippen MR) is 141 cm³/mol. The van der Waals surface area contributed by atoms with Crippen LogP contribution in [0.5, 0.6) is 0 Å². The number of hydrogen-bond acceptors (Lipinski definition) is 4. The lowest BCUT2D eigenvalue weighted by Gasteiger charge is -2.34. The molecule has 0 amide bonds. The Balaban J connectivity index is 1.85. The summed E-state index contributed by atoms with van der Waals surface area (Å²) in [6, 6.07) is 22.6. The standard InChI is InChI=1S/C31H26ClN3O/c1-19-15-20(2)26(21(3)25(19)16-32)27-28(29(36)23-10-5-4-6-11-23)35-14-13-22-9-7-8-12-24(22)30(35)31(27,17-33)18-34/h4-15,27-28,30H,16H2,1-3H3/t27-,28+,30+/m1/s1. The molecule has 36 heavy (non-hydrogen) atoms. The summed E-state index contributed by atoms with van der Waals surface area (Å²) in [5.41, 5.74) is 5.73. The molecular formula is C31H26ClN3O. The zero-order chi connectivity index (χ0) is 25.6. The Bertz CT molecular complexity index is 1460. The van der Waals surface area contributed by atoms with Crippen molar-refractivity contribution >= 4 is 23.5 Å². The number of hydrogen-bond donors (Lipinski definition) is 0. The van der Waals surface area contributed by atoms with E-state index in [0.29, 0.717) is 11.4 Å². The molecule has 2 aliphatic heterocycles. The molecule has 3 aromatic rings. The minimum absolute atomic E-state index is 0.103. The van der Waals surface area contributed by atoms with E-state index in [1.807, 2.05) is 80.4 Å². The highest BCUT2D eigenvalue weighted by molar-refractivity contribution is 6.17. The molecule has 0 bridgehead atoms. The van der Waals surface area contributed by atoms with Gasteiger partial charge in [-0.15, -0.1) is 11.6 Å². The van der Waals surface area contributed by atoms with E-state index in [2.05, 4.69) is 18.2 Å². The third kappa shape index (κ3) is 3.29. The van der Waals surface area contributed by atoms with E-state index in [0.717, 1.165) is 38.9 Å². The molecule has 0 saturated carbocycles. The fraction of sp³-hybridized carbons (Fsp3) is 0.258. The molecule has 0 N–H and O–H groups in total. The quantitative estimate of drug-likeness (QED) is 0.298. The number of fused-ring (bicyclic) bond motifs is 3. The highest BCUT2D eigenvalue weighted by Gasteiger charge is 2.64. The summed E-state index contributed by atoms with van der Waals surface area (Å²) >= 11 is 6.37. The van der Waals surface area contributed by atoms with Gasteiger partial charge in [0.1, 0.15) is 6.04 Å². The zero-order valence-corrected chi connectivity index (χ0v) is 21.3. The Hall–Kier alpha value is -3.86. The molecule has 1 fully saturated rings. The number of carbonyl (C=O) groups excluding carboxylic acids is 1. The Morgan fingerprint density at radius 1 is 1.00 bits per heavy atom. The van der Waals surface area contributed by atoms with Crippen LogP contribution < -0.4 is 0 Å². The van der Waals surface area contributed by atoms with E-state index in [1.54, 1.807) is 12.1 Å². The minimum Gasteiger partial charge on any atom is -0.357 e. The van der Waals surface area contributed by atoms with Crippen LogP contribution >= 0.6 is 11.6 Å². The molecule has 2 aliphatic rings. The highest BCUT2D eigenvalue weighted by Crippen LogP contribution is 2.61. The van der Waals surface area contributed by atoms with Gasteiger partial charge in [-0.05, 0) is 65.8 Å². The van der Waals surface area contributed by atoms with E-state index < -0.39 is 23.4 Å². The van der Waals surface area contributed by atoms with Crippen LogP contribution in [0.2, 0.25) is 0 Å². The summed E-state index contributed by atoms with van der Waals surface area (Å²) < 4.78 is 0. The van der Waals surface area contributed by atoms with Crippen LogP contribution in [-0.2, 0) is 5.88 Å². The molecule has 178 valence electrons. The number of benzene rings is 3. The van der Waals surface area contributed by atoms with Crippen molar-refractivity contribution in [3.63, 3.8) is 0 Å². The molecule has 0 unspecified atom stereocenters. The minimum atomic E-state index is -1.50. The fourth-order valence-corrected chi connectivity index (χ4v) is 6.72. The summed E-state index contributed by atoms with van der Waals surface area (Å²) in [7, 11) is 0. The van der Waals surface area contributed by atoms with Gasteiger partial charge in [-0.2, -0.15) is 10.5 Å². The largest absolute Gasteiger partial charge is 0.357 e. The van der Waals surface area contributed by atoms with Crippen molar-refractivity contribution < 1.29 is 4.79 Å². The SMILES string of the molecule is Cc1cc(C)c([C@@H]2[C@@H](C(=O)c3ccccc3)N3C=Cc4ccccc4[C@H]3C2(C#N)C#N)c(C)c1CCl. The number of rotatable bonds is 4. The molecule has 0 aromatic heterocycles. The summed E-state index contributed by atoms with van der Waals surface area (Å²) in [6.45, 7) is 6.02. The number of aryl methyl sites for hydroxylation is 2. The van der Waals surface area contributed by atoms with Crippen molar-refractivity contribution in [2.45, 2.75) is 44.7 Å². The van der Waals surface area contributed by atoms with E-state index in [4.69, 9.17) is 11.6 Å². The zero-order valence-electron chi connectivity index (χ0n) is 20.5. The van der Waals surface area contributed by atoms with Crippen molar-refractivity contribution in [3.8, 4) is 12.1 Å². The number of ketones is 1. The van der Waals surface area contributed by atoms with Gasteiger partial charge in [0.2, 0.25) is 0 Å². The molecule has 1 saturated heterocycles. The second-order valence-electron chi connectivity index (χ2n) is 9.70. The molecule has 0 aliphatic carbocycles. The average Bonchev–Trinajstić information content (AvgIpc) is 3.19. The van der Waals surface area contributed by atoms with Crippen molar-refractivity contribution in [1.82, 2.24) is 4.90 Å². The maximum atomic E-state index is 14.2. The molecule has 5 rings (SSSR count). The molecule has 3 atom stereocenters. The molecule has 0 radical (unpaired) electrons. The topological polar surface area (TPSA) is 67.9 Å². The second-order valence-corrected chi connectivity index (χ2v) is 9.97. The maximum absolute atomic E-state index is 14.2. The second kappa shape index (κ2) is 8.98. The van der Waals surface area contributed by atoms with Crippen LogP contribution in [0, 0.1) is 48.8 Å². The van der Waals surface area contributed by atoms with Gasteiger partial charge in [-0.1, -0.05) is 60.7 Å². The number of carbonyl (C=O) groups is 1. The van der Waals surface area contributed by atoms with E-state index in [-0.39, 0.29) is 5.78 Å². The first-order valence-corrected chi connectivity index (χ1v) is 12.5. The third-order valence-corrected chi connectivity index (χ3v) is 8.17. The summed E-state index contributed by atoms with van der Waals surface area (Å²) in [5, 5.41) is 21.6. The fourth-order valence-electron chi connectivity index (χ4n) is 6.31. The number of alkyl halides is 1. The first-order valence-electron chi connectivity index (χ1n) is 12.0. The number of halogens is 1. The number of Topliss-reactive ketones (excluding diaryl/α,β-unsaturated/α-hetero) is 1. The molecule has 2 heterocycles. The van der Waals surface area contributed by atoms with Crippen LogP contribution in [0.25, 0.3) is 6.08 Å². The molecule has 0 spiro atoms. The van der Waals surface area contributed by atoms with E-state index in [9.17, 15) is 15.3 Å². The predicted octanol–water partition coefficient (Wildman–Crippen LogP) is 6.76. The van der Waals surface area contributed by atoms with Gasteiger partial charge in [0, 0.05) is 23.6 Å². The number of nitrogens with zero attached hydrogens (tertiary/aromatic N) is 3. The van der Waals surface area contributed by atoms with Crippen LogP contribution in [0.1, 0.15) is 61.3 Å². The third-order valence-electron chi connectivity index (χ3n) is 7.91. The monoisotopic (exact) mass is 491 g/mol. The Morgan fingerprint density at radius 2 is 1.67 bits per heavy atom. The van der Waals surface area contributed by atoms with Gasteiger partial charge in [-0.25, -0.2) is 0 Å². The van der Waals surface area contributed by atoms with Gasteiger partial charge in [0.05, 0.1) is 18.2 Å². The molecule has 3 aromatic carbocycles. The van der Waals surface area contributed by atoms with Crippen molar-refractivity contribution in [3.05, 3.63) is 111 Å². The normalized spacial score (nSPS) is 21.3. The molecule has 4 nitrogen and oxygen atoms in total. The Kier molecular flexibility index (Phi) is 5.95. The van der Waals surface area contributed by atoms with Crippen LogP contribution in [0.3, 0.4) is 0 Å². The van der Waals surface area contributed by atoms with E-state index >= 15 is 0 Å². The maximum Gasteiger partial charge on any atom is 0.185 e. The van der Waals surface area contributed by atoms with Gasteiger partial charge < -0.3 is 4.90 Å². The summed E-state index contributed by atoms with van der Waals surface area (Å²) in [4.78, 5) is 16.2. The molecule has 5 heteroatoms. The van der Waals surface area contributed by atoms with E-state index in [1.165, 1.54) is 0 Å². The van der Waals surface area contributed by atoms with Gasteiger partial charge in [0.25, 0.3) is 0 Å². The van der Waals surface area contributed by atoms with Crippen molar-refractivity contribution in [1.29, 1.82) is 10.5 Å². The first-order chi connectivity index (χ1) is 17.4. The highest BCUT2D eigenvalue weighted by atomic mass is 35.5. The smallest absolute Gasteiger partial charge is 0.185 e. The van der Waals surface area contributed by atoms with Crippen molar-refractivity contribution in [2.75, 3.05) is 0 Å². The Morgan fingerprint density at radius 3 is 2.33 bits per heavy atom. The van der Waals surface area contributed by atoms with Crippen LogP contribution in [0.4, 0.5) is 0 Å². The number of nitriles is 2. The summed E-state index contributed by atoms with van der Waals surface area (Å²) in [5.74, 6) is -0.464. The van der Waals surface area contributed by atoms with Crippen molar-refractivity contribution in [2.24, 2.45) is 5.41 Å². The lowest BCUT2D eigenvalue weighted by atomic mass is 9.65. The Labute approximate surface area is 217 Å². The average molecular weight is 492 g/mol. The van der Waals surface area contributed by atoms with Crippen LogP contribution in [-0.4, -0.2) is 16.7 Å². The van der Waals surface area contributed by atoms with Gasteiger partial charge >= 0.3 is 0 Å². The van der Waals surface area contributed by atoms with Gasteiger partial charge in [0.15, 0.2) is 11.2 Å². The summed E-state index contributed by atoms with van der Waals surface area (Å²) in [6.07, 6.45) is 3.86. The lowest BCUT2D eigenvalue weighted by molar-refractivity contribution is 0.0874. The lowest BCUT2D eigenvalue weighted by Crippen LogP contribution is -2.38. The van der Waals surface area contributed by atoms with Crippen LogP contribution in [0.15, 0.2) is 66.9 Å². The molecular weight excluding hydrogens is 466 g/mol. The first kappa shape index (κ1) is 23.9.